The molecule has 2 nitrogen and oxygen atoms in total. The van der Waals surface area contributed by atoms with Gasteiger partial charge in [-0.3, -0.25) is 0 Å². The summed E-state index contributed by atoms with van der Waals surface area (Å²) < 4.78 is 2.16. The topological polar surface area (TPSA) is 17.3 Å². The minimum Gasteiger partial charge on any atom is -0.303 e. The molecular formula is C16H16N2. The lowest BCUT2D eigenvalue weighted by atomic mass is 10.1. The van der Waals surface area contributed by atoms with Gasteiger partial charge in [0.05, 0.1) is 11.7 Å². The standard InChI is InChI=1S/C16H16N2/c1-12-4-3-5-14(8-12)10-16-17-11-15-9-13(2)6-7-18(15)16/h3-9,11H,10H2,1-2H3. The van der Waals surface area contributed by atoms with Crippen LogP contribution in [0.15, 0.2) is 48.8 Å². The number of hydrogen-bond donors (Lipinski definition) is 0. The Hall–Kier alpha value is -2.09. The van der Waals surface area contributed by atoms with E-state index in [4.69, 9.17) is 0 Å². The maximum atomic E-state index is 4.52. The van der Waals surface area contributed by atoms with Gasteiger partial charge in [0.25, 0.3) is 0 Å². The first kappa shape index (κ1) is 11.0. The van der Waals surface area contributed by atoms with E-state index < -0.39 is 0 Å². The third-order valence-corrected chi connectivity index (χ3v) is 3.21. The highest BCUT2D eigenvalue weighted by atomic mass is 15.0. The summed E-state index contributed by atoms with van der Waals surface area (Å²) in [5.41, 5.74) is 5.04. The van der Waals surface area contributed by atoms with Crippen LogP contribution in [0.4, 0.5) is 0 Å². The normalized spacial score (nSPS) is 11.0. The molecular weight excluding hydrogens is 220 g/mol. The molecule has 0 radical (unpaired) electrons. The molecule has 0 spiro atoms. The minimum atomic E-state index is 0.874. The van der Waals surface area contributed by atoms with Crippen molar-refractivity contribution in [2.24, 2.45) is 0 Å². The molecule has 0 aliphatic rings. The van der Waals surface area contributed by atoms with Crippen LogP contribution in [0.1, 0.15) is 22.5 Å². The molecule has 0 fully saturated rings. The summed E-state index contributed by atoms with van der Waals surface area (Å²) in [7, 11) is 0. The highest BCUT2D eigenvalue weighted by Crippen LogP contribution is 2.14. The van der Waals surface area contributed by atoms with Gasteiger partial charge < -0.3 is 4.40 Å². The van der Waals surface area contributed by atoms with Crippen molar-refractivity contribution in [1.29, 1.82) is 0 Å². The van der Waals surface area contributed by atoms with Gasteiger partial charge >= 0.3 is 0 Å². The number of aromatic nitrogens is 2. The number of fused-ring (bicyclic) bond motifs is 1. The summed E-state index contributed by atoms with van der Waals surface area (Å²) in [5, 5.41) is 0. The van der Waals surface area contributed by atoms with Crippen molar-refractivity contribution in [3.63, 3.8) is 0 Å². The molecule has 0 amide bonds. The Morgan fingerprint density at radius 1 is 1.06 bits per heavy atom. The Kier molecular flexibility index (Phi) is 2.63. The lowest BCUT2D eigenvalue weighted by Crippen LogP contribution is -1.96. The number of rotatable bonds is 2. The zero-order valence-corrected chi connectivity index (χ0v) is 10.7. The van der Waals surface area contributed by atoms with Crippen molar-refractivity contribution in [3.8, 4) is 0 Å². The van der Waals surface area contributed by atoms with E-state index in [1.54, 1.807) is 0 Å². The SMILES string of the molecule is Cc1cccc(Cc2ncc3cc(C)ccn23)c1. The molecule has 3 rings (SSSR count). The van der Waals surface area contributed by atoms with Crippen molar-refractivity contribution < 1.29 is 0 Å². The summed E-state index contributed by atoms with van der Waals surface area (Å²) in [5.74, 6) is 1.09. The molecule has 1 aromatic carbocycles. The van der Waals surface area contributed by atoms with Crippen LogP contribution in [0.2, 0.25) is 0 Å². The second kappa shape index (κ2) is 4.30. The molecule has 0 atom stereocenters. The third kappa shape index (κ3) is 2.02. The van der Waals surface area contributed by atoms with Crippen molar-refractivity contribution >= 4 is 5.52 Å². The van der Waals surface area contributed by atoms with Gasteiger partial charge in [-0.1, -0.05) is 29.8 Å². The summed E-state index contributed by atoms with van der Waals surface area (Å²) in [4.78, 5) is 4.52. The molecule has 18 heavy (non-hydrogen) atoms. The Labute approximate surface area is 107 Å². The minimum absolute atomic E-state index is 0.874. The number of aryl methyl sites for hydroxylation is 2. The van der Waals surface area contributed by atoms with E-state index in [-0.39, 0.29) is 0 Å². The first-order valence-corrected chi connectivity index (χ1v) is 6.20. The predicted molar refractivity (Wildman–Crippen MR) is 73.9 cm³/mol. The Balaban J connectivity index is 2.00. The van der Waals surface area contributed by atoms with Crippen LogP contribution in [-0.4, -0.2) is 9.38 Å². The monoisotopic (exact) mass is 236 g/mol. The molecule has 0 unspecified atom stereocenters. The lowest BCUT2D eigenvalue weighted by Gasteiger charge is -2.03. The molecule has 90 valence electrons. The highest BCUT2D eigenvalue weighted by Gasteiger charge is 2.04. The molecule has 3 aromatic rings. The van der Waals surface area contributed by atoms with E-state index >= 15 is 0 Å². The first-order valence-electron chi connectivity index (χ1n) is 6.20. The van der Waals surface area contributed by atoms with Crippen molar-refractivity contribution in [1.82, 2.24) is 9.38 Å². The van der Waals surface area contributed by atoms with Gasteiger partial charge in [-0.25, -0.2) is 4.98 Å². The molecule has 0 N–H and O–H groups in total. The summed E-state index contributed by atoms with van der Waals surface area (Å²) in [6.45, 7) is 4.23. The van der Waals surface area contributed by atoms with Crippen LogP contribution >= 0.6 is 0 Å². The molecule has 2 heterocycles. The van der Waals surface area contributed by atoms with Crippen LogP contribution in [-0.2, 0) is 6.42 Å². The quantitative estimate of drug-likeness (QED) is 0.665. The Morgan fingerprint density at radius 3 is 2.72 bits per heavy atom. The van der Waals surface area contributed by atoms with Crippen LogP contribution < -0.4 is 0 Å². The van der Waals surface area contributed by atoms with Gasteiger partial charge in [-0.05, 0) is 37.1 Å². The van der Waals surface area contributed by atoms with Gasteiger partial charge in [-0.15, -0.1) is 0 Å². The van der Waals surface area contributed by atoms with E-state index in [0.29, 0.717) is 0 Å². The maximum Gasteiger partial charge on any atom is 0.117 e. The molecule has 0 saturated heterocycles. The van der Waals surface area contributed by atoms with Crippen LogP contribution in [0.25, 0.3) is 5.52 Å². The average Bonchev–Trinajstić information content (AvgIpc) is 2.72. The van der Waals surface area contributed by atoms with E-state index in [9.17, 15) is 0 Å². The number of imidazole rings is 1. The number of nitrogens with zero attached hydrogens (tertiary/aromatic N) is 2. The fourth-order valence-corrected chi connectivity index (χ4v) is 2.30. The summed E-state index contributed by atoms with van der Waals surface area (Å²) >= 11 is 0. The van der Waals surface area contributed by atoms with Crippen molar-refractivity contribution in [3.05, 3.63) is 71.3 Å². The summed E-state index contributed by atoms with van der Waals surface area (Å²) in [6, 6.07) is 12.9. The van der Waals surface area contributed by atoms with Gasteiger partial charge in [0.15, 0.2) is 0 Å². The van der Waals surface area contributed by atoms with Crippen LogP contribution in [0, 0.1) is 13.8 Å². The largest absolute Gasteiger partial charge is 0.303 e. The molecule has 2 aromatic heterocycles. The van der Waals surface area contributed by atoms with Gasteiger partial charge in [-0.2, -0.15) is 0 Å². The predicted octanol–water partition coefficient (Wildman–Crippen LogP) is 3.54. The van der Waals surface area contributed by atoms with Crippen LogP contribution in [0.3, 0.4) is 0 Å². The number of hydrogen-bond acceptors (Lipinski definition) is 1. The number of pyridine rings is 1. The van der Waals surface area contributed by atoms with Gasteiger partial charge in [0.1, 0.15) is 5.82 Å². The zero-order chi connectivity index (χ0) is 12.5. The third-order valence-electron chi connectivity index (χ3n) is 3.21. The van der Waals surface area contributed by atoms with E-state index in [2.05, 4.69) is 65.8 Å². The Morgan fingerprint density at radius 2 is 1.89 bits per heavy atom. The van der Waals surface area contributed by atoms with E-state index in [0.717, 1.165) is 17.8 Å². The highest BCUT2D eigenvalue weighted by molar-refractivity contribution is 5.48. The van der Waals surface area contributed by atoms with Gasteiger partial charge in [0.2, 0.25) is 0 Å². The zero-order valence-electron chi connectivity index (χ0n) is 10.7. The maximum absolute atomic E-state index is 4.52. The molecule has 0 saturated carbocycles. The fraction of sp³-hybridized carbons (Fsp3) is 0.188. The number of benzene rings is 1. The van der Waals surface area contributed by atoms with Gasteiger partial charge in [0, 0.05) is 12.6 Å². The van der Waals surface area contributed by atoms with E-state index in [1.165, 1.54) is 16.7 Å². The fourth-order valence-electron chi connectivity index (χ4n) is 2.30. The summed E-state index contributed by atoms with van der Waals surface area (Å²) in [6.07, 6.45) is 4.92. The van der Waals surface area contributed by atoms with Crippen molar-refractivity contribution in [2.45, 2.75) is 20.3 Å². The Bertz CT molecular complexity index is 695. The van der Waals surface area contributed by atoms with E-state index in [1.807, 2.05) is 6.20 Å². The first-order chi connectivity index (χ1) is 8.72. The van der Waals surface area contributed by atoms with Crippen LogP contribution in [0.5, 0.6) is 0 Å². The molecule has 0 aliphatic carbocycles. The average molecular weight is 236 g/mol. The molecule has 0 aliphatic heterocycles. The smallest absolute Gasteiger partial charge is 0.117 e. The second-order valence-electron chi connectivity index (χ2n) is 4.84. The van der Waals surface area contributed by atoms with Crippen molar-refractivity contribution in [2.75, 3.05) is 0 Å². The second-order valence-corrected chi connectivity index (χ2v) is 4.84. The molecule has 2 heteroatoms. The lowest BCUT2D eigenvalue weighted by molar-refractivity contribution is 0.958. The molecule has 0 bridgehead atoms.